The lowest BCUT2D eigenvalue weighted by molar-refractivity contribution is 0.0686. The van der Waals surface area contributed by atoms with Crippen molar-refractivity contribution in [3.05, 3.63) is 29.3 Å². The van der Waals surface area contributed by atoms with Crippen LogP contribution in [0.4, 0.5) is 0 Å². The molecule has 0 radical (unpaired) electrons. The van der Waals surface area contributed by atoms with Crippen LogP contribution in [-0.4, -0.2) is 41.4 Å². The lowest BCUT2D eigenvalue weighted by atomic mass is 9.85. The fourth-order valence-electron chi connectivity index (χ4n) is 2.28. The smallest absolute Gasteiger partial charge is 0.119 e. The molecule has 2 N–H and O–H groups in total. The molecule has 15 heavy (non-hydrogen) atoms. The fourth-order valence-corrected chi connectivity index (χ4v) is 2.28. The van der Waals surface area contributed by atoms with Gasteiger partial charge in [0, 0.05) is 12.5 Å². The largest absolute Gasteiger partial charge is 0.508 e. The van der Waals surface area contributed by atoms with Crippen LogP contribution in [0.15, 0.2) is 18.2 Å². The Bertz CT molecular complexity index is 363. The Morgan fingerprint density at radius 1 is 1.27 bits per heavy atom. The van der Waals surface area contributed by atoms with Gasteiger partial charge in [0.1, 0.15) is 5.75 Å². The number of aliphatic hydroxyl groups excluding tert-OH is 1. The van der Waals surface area contributed by atoms with Gasteiger partial charge in [-0.25, -0.2) is 0 Å². The van der Waals surface area contributed by atoms with E-state index in [2.05, 4.69) is 0 Å². The van der Waals surface area contributed by atoms with Gasteiger partial charge in [0.25, 0.3) is 0 Å². The van der Waals surface area contributed by atoms with Gasteiger partial charge < -0.3 is 15.1 Å². The highest BCUT2D eigenvalue weighted by atomic mass is 16.3. The fraction of sp³-hybridized carbons (Fsp3) is 0.500. The molecule has 1 aliphatic carbocycles. The van der Waals surface area contributed by atoms with Crippen molar-refractivity contribution in [2.75, 3.05) is 14.1 Å². The van der Waals surface area contributed by atoms with E-state index in [9.17, 15) is 10.2 Å². The molecule has 0 saturated heterocycles. The minimum absolute atomic E-state index is 0.103. The molecule has 1 aromatic rings. The van der Waals surface area contributed by atoms with E-state index in [4.69, 9.17) is 0 Å². The maximum atomic E-state index is 9.95. The summed E-state index contributed by atoms with van der Waals surface area (Å²) < 4.78 is 0. The highest BCUT2D eigenvalue weighted by molar-refractivity contribution is 5.42. The average Bonchev–Trinajstić information content (AvgIpc) is 2.16. The van der Waals surface area contributed by atoms with E-state index in [1.165, 1.54) is 0 Å². The van der Waals surface area contributed by atoms with E-state index in [1.54, 1.807) is 6.07 Å². The molecule has 0 spiro atoms. The molecule has 0 amide bonds. The van der Waals surface area contributed by atoms with Crippen molar-refractivity contribution in [3.8, 4) is 5.75 Å². The number of aromatic hydroxyl groups is 1. The molecular weight excluding hydrogens is 190 g/mol. The summed E-state index contributed by atoms with van der Waals surface area (Å²) in [5.41, 5.74) is 2.06. The summed E-state index contributed by atoms with van der Waals surface area (Å²) in [4.78, 5) is 2.01. The molecule has 3 heteroatoms. The summed E-state index contributed by atoms with van der Waals surface area (Å²) >= 11 is 0. The first-order valence-corrected chi connectivity index (χ1v) is 5.24. The molecule has 3 nitrogen and oxygen atoms in total. The van der Waals surface area contributed by atoms with Crippen LogP contribution >= 0.6 is 0 Å². The van der Waals surface area contributed by atoms with Gasteiger partial charge in [0.2, 0.25) is 0 Å². The Kier molecular flexibility index (Phi) is 2.67. The summed E-state index contributed by atoms with van der Waals surface area (Å²) in [7, 11) is 3.91. The molecule has 0 heterocycles. The van der Waals surface area contributed by atoms with Crippen molar-refractivity contribution in [2.24, 2.45) is 0 Å². The first kappa shape index (κ1) is 10.5. The number of likely N-dealkylation sites (N-methyl/N-ethyl adjacent to an activating group) is 1. The van der Waals surface area contributed by atoms with E-state index in [-0.39, 0.29) is 12.1 Å². The number of hydrogen-bond donors (Lipinski definition) is 2. The predicted octanol–water partition coefficient (Wildman–Crippen LogP) is 0.782. The van der Waals surface area contributed by atoms with Crippen LogP contribution in [0.1, 0.15) is 11.1 Å². The van der Waals surface area contributed by atoms with E-state index >= 15 is 0 Å². The lowest BCUT2D eigenvalue weighted by Crippen LogP contribution is -2.44. The Hall–Kier alpha value is -1.06. The third-order valence-electron chi connectivity index (χ3n) is 3.20. The number of phenols is 1. The maximum Gasteiger partial charge on any atom is 0.119 e. The van der Waals surface area contributed by atoms with Crippen LogP contribution in [0.5, 0.6) is 5.75 Å². The number of benzene rings is 1. The topological polar surface area (TPSA) is 43.7 Å². The van der Waals surface area contributed by atoms with Gasteiger partial charge in [-0.3, -0.25) is 0 Å². The highest BCUT2D eigenvalue weighted by Gasteiger charge is 2.29. The third-order valence-corrected chi connectivity index (χ3v) is 3.20. The summed E-state index contributed by atoms with van der Waals surface area (Å²) in [6.07, 6.45) is 1.01. The number of phenolic OH excluding ortho intramolecular Hbond substituents is 1. The summed E-state index contributed by atoms with van der Waals surface area (Å²) in [5, 5.41) is 19.7. The molecule has 82 valence electrons. The zero-order valence-electron chi connectivity index (χ0n) is 9.14. The highest BCUT2D eigenvalue weighted by Crippen LogP contribution is 2.30. The Labute approximate surface area is 90.0 Å². The zero-order valence-corrected chi connectivity index (χ0v) is 9.14. The third kappa shape index (κ3) is 1.85. The second-order valence-corrected chi connectivity index (χ2v) is 4.42. The van der Waals surface area contributed by atoms with Crippen LogP contribution in [0.2, 0.25) is 0 Å². The van der Waals surface area contributed by atoms with Gasteiger partial charge in [0.15, 0.2) is 0 Å². The number of aliphatic hydroxyl groups is 1. The first-order chi connectivity index (χ1) is 7.09. The SMILES string of the molecule is CN(C)[C@@H]1Cc2c(O)cccc2C[C@H]1O. The van der Waals surface area contributed by atoms with Crippen molar-refractivity contribution in [1.82, 2.24) is 4.90 Å². The van der Waals surface area contributed by atoms with E-state index in [0.29, 0.717) is 12.2 Å². The molecule has 0 unspecified atom stereocenters. The standard InChI is InChI=1S/C12H17NO2/c1-13(2)10-7-9-8(6-12(10)15)4-3-5-11(9)14/h3-5,10,12,14-15H,6-7H2,1-2H3/t10-,12-/m1/s1. The Morgan fingerprint density at radius 2 is 2.00 bits per heavy atom. The molecule has 0 aliphatic heterocycles. The molecule has 0 bridgehead atoms. The van der Waals surface area contributed by atoms with E-state index in [0.717, 1.165) is 17.5 Å². The Morgan fingerprint density at radius 3 is 2.67 bits per heavy atom. The van der Waals surface area contributed by atoms with Gasteiger partial charge in [-0.1, -0.05) is 12.1 Å². The zero-order chi connectivity index (χ0) is 11.0. The Balaban J connectivity index is 2.35. The minimum Gasteiger partial charge on any atom is -0.508 e. The molecule has 0 saturated carbocycles. The summed E-state index contributed by atoms with van der Waals surface area (Å²) in [5.74, 6) is 0.353. The maximum absolute atomic E-state index is 9.95. The molecular formula is C12H17NO2. The van der Waals surface area contributed by atoms with Crippen molar-refractivity contribution in [3.63, 3.8) is 0 Å². The normalized spacial score (nSPS) is 25.3. The second-order valence-electron chi connectivity index (χ2n) is 4.42. The lowest BCUT2D eigenvalue weighted by Gasteiger charge is -2.34. The van der Waals surface area contributed by atoms with Crippen LogP contribution < -0.4 is 0 Å². The molecule has 0 aromatic heterocycles. The van der Waals surface area contributed by atoms with Crippen LogP contribution in [0, 0.1) is 0 Å². The molecule has 2 atom stereocenters. The van der Waals surface area contributed by atoms with Gasteiger partial charge in [-0.2, -0.15) is 0 Å². The molecule has 0 fully saturated rings. The van der Waals surface area contributed by atoms with E-state index < -0.39 is 0 Å². The van der Waals surface area contributed by atoms with Crippen molar-refractivity contribution in [2.45, 2.75) is 25.0 Å². The van der Waals surface area contributed by atoms with Crippen molar-refractivity contribution in [1.29, 1.82) is 0 Å². The van der Waals surface area contributed by atoms with Gasteiger partial charge >= 0.3 is 0 Å². The first-order valence-electron chi connectivity index (χ1n) is 5.24. The quantitative estimate of drug-likeness (QED) is 0.715. The number of rotatable bonds is 1. The molecule has 1 aliphatic rings. The average molecular weight is 207 g/mol. The van der Waals surface area contributed by atoms with Crippen molar-refractivity contribution < 1.29 is 10.2 Å². The summed E-state index contributed by atoms with van der Waals surface area (Å²) in [6.45, 7) is 0. The number of hydrogen-bond acceptors (Lipinski definition) is 3. The minimum atomic E-state index is -0.339. The van der Waals surface area contributed by atoms with Crippen LogP contribution in [0.25, 0.3) is 0 Å². The van der Waals surface area contributed by atoms with Gasteiger partial charge in [-0.15, -0.1) is 0 Å². The second kappa shape index (κ2) is 3.83. The number of nitrogens with zero attached hydrogens (tertiary/aromatic N) is 1. The summed E-state index contributed by atoms with van der Waals surface area (Å²) in [6, 6.07) is 5.62. The van der Waals surface area contributed by atoms with Gasteiger partial charge in [-0.05, 0) is 37.7 Å². The molecule has 1 aromatic carbocycles. The van der Waals surface area contributed by atoms with Crippen LogP contribution in [-0.2, 0) is 12.8 Å². The number of fused-ring (bicyclic) bond motifs is 1. The van der Waals surface area contributed by atoms with Crippen molar-refractivity contribution >= 4 is 0 Å². The van der Waals surface area contributed by atoms with Crippen LogP contribution in [0.3, 0.4) is 0 Å². The van der Waals surface area contributed by atoms with Gasteiger partial charge in [0.05, 0.1) is 6.10 Å². The monoisotopic (exact) mass is 207 g/mol. The van der Waals surface area contributed by atoms with E-state index in [1.807, 2.05) is 31.1 Å². The predicted molar refractivity (Wildman–Crippen MR) is 59.0 cm³/mol. The molecule has 2 rings (SSSR count).